The summed E-state index contributed by atoms with van der Waals surface area (Å²) >= 11 is 1.12. The van der Waals surface area contributed by atoms with Crippen LogP contribution in [0.2, 0.25) is 0 Å². The van der Waals surface area contributed by atoms with E-state index in [1.54, 1.807) is 4.90 Å². The molecule has 0 aromatic heterocycles. The molecule has 0 radical (unpaired) electrons. The molecule has 10 heavy (non-hydrogen) atoms. The lowest BCUT2D eigenvalue weighted by molar-refractivity contribution is -0.131. The first kappa shape index (κ1) is 7.60. The lowest BCUT2D eigenvalue weighted by Gasteiger charge is -2.23. The van der Waals surface area contributed by atoms with Crippen molar-refractivity contribution in [2.24, 2.45) is 0 Å². The van der Waals surface area contributed by atoms with Crippen LogP contribution in [-0.2, 0) is 9.59 Å². The third kappa shape index (κ3) is 1.50. The summed E-state index contributed by atoms with van der Waals surface area (Å²) < 4.78 is 0. The lowest BCUT2D eigenvalue weighted by atomic mass is 10.5. The predicted molar refractivity (Wildman–Crippen MR) is 39.7 cm³/mol. The van der Waals surface area contributed by atoms with Crippen LogP contribution in [-0.4, -0.2) is 34.8 Å². The topological polar surface area (TPSA) is 37.4 Å². The van der Waals surface area contributed by atoms with Crippen LogP contribution >= 0.6 is 11.8 Å². The fraction of sp³-hybridized carbons (Fsp3) is 0.667. The maximum absolute atomic E-state index is 10.9. The Morgan fingerprint density at radius 3 is 2.80 bits per heavy atom. The number of hydrogen-bond donors (Lipinski definition) is 0. The van der Waals surface area contributed by atoms with Crippen LogP contribution < -0.4 is 0 Å². The monoisotopic (exact) mass is 159 g/mol. The first-order chi connectivity index (χ1) is 4.74. The number of likely N-dealkylation sites (N-methyl/N-ethyl adjacent to an activating group) is 1. The quantitative estimate of drug-likeness (QED) is 0.545. The van der Waals surface area contributed by atoms with Gasteiger partial charge in [0, 0.05) is 6.54 Å². The molecule has 1 aliphatic heterocycles. The normalized spacial score (nSPS) is 19.9. The predicted octanol–water partition coefficient (Wildman–Crippen LogP) is 0.108. The van der Waals surface area contributed by atoms with E-state index in [2.05, 4.69) is 0 Å². The second-order valence-corrected chi connectivity index (χ2v) is 3.10. The van der Waals surface area contributed by atoms with Gasteiger partial charge in [0.2, 0.25) is 11.0 Å². The summed E-state index contributed by atoms with van der Waals surface area (Å²) in [5.74, 6) is 0.402. The maximum atomic E-state index is 10.9. The third-order valence-corrected chi connectivity index (χ3v) is 2.25. The van der Waals surface area contributed by atoms with Gasteiger partial charge >= 0.3 is 0 Å². The Morgan fingerprint density at radius 1 is 1.60 bits per heavy atom. The van der Waals surface area contributed by atoms with Crippen molar-refractivity contribution in [3.63, 3.8) is 0 Å². The Bertz CT molecular complexity index is 169. The van der Waals surface area contributed by atoms with Crippen molar-refractivity contribution in [2.75, 3.05) is 18.8 Å². The summed E-state index contributed by atoms with van der Waals surface area (Å²) in [5, 5.41) is 0.0986. The highest BCUT2D eigenvalue weighted by Gasteiger charge is 2.22. The summed E-state index contributed by atoms with van der Waals surface area (Å²) in [4.78, 5) is 23.2. The molecule has 0 aromatic rings. The van der Waals surface area contributed by atoms with E-state index in [1.165, 1.54) is 0 Å². The van der Waals surface area contributed by atoms with Gasteiger partial charge in [0.1, 0.15) is 0 Å². The second kappa shape index (κ2) is 3.05. The fourth-order valence-corrected chi connectivity index (χ4v) is 1.53. The average molecular weight is 159 g/mol. The Balaban J connectivity index is 2.53. The number of carbonyl (C=O) groups excluding carboxylic acids is 2. The van der Waals surface area contributed by atoms with E-state index in [-0.39, 0.29) is 11.0 Å². The van der Waals surface area contributed by atoms with Crippen molar-refractivity contribution in [1.82, 2.24) is 4.90 Å². The molecule has 1 heterocycles. The van der Waals surface area contributed by atoms with Crippen molar-refractivity contribution in [3.8, 4) is 0 Å². The van der Waals surface area contributed by atoms with Crippen molar-refractivity contribution in [2.45, 2.75) is 6.92 Å². The molecule has 1 amide bonds. The highest BCUT2D eigenvalue weighted by molar-refractivity contribution is 8.14. The summed E-state index contributed by atoms with van der Waals surface area (Å²) in [6.07, 6.45) is 0. The van der Waals surface area contributed by atoms with Gasteiger partial charge in [0.05, 0.1) is 12.3 Å². The summed E-state index contributed by atoms with van der Waals surface area (Å²) in [7, 11) is 0. The van der Waals surface area contributed by atoms with E-state index >= 15 is 0 Å². The van der Waals surface area contributed by atoms with E-state index in [0.29, 0.717) is 18.8 Å². The van der Waals surface area contributed by atoms with E-state index in [9.17, 15) is 9.59 Å². The minimum Gasteiger partial charge on any atom is -0.334 e. The van der Waals surface area contributed by atoms with Crippen LogP contribution in [0.3, 0.4) is 0 Å². The third-order valence-electron chi connectivity index (χ3n) is 1.41. The van der Waals surface area contributed by atoms with E-state index in [0.717, 1.165) is 11.8 Å². The Labute approximate surface area is 63.8 Å². The summed E-state index contributed by atoms with van der Waals surface area (Å²) in [6.45, 7) is 2.81. The SMILES string of the molecule is CCN1CC(=O)SCC1=O. The van der Waals surface area contributed by atoms with Crippen LogP contribution in [0.25, 0.3) is 0 Å². The van der Waals surface area contributed by atoms with Gasteiger partial charge < -0.3 is 4.90 Å². The lowest BCUT2D eigenvalue weighted by Crippen LogP contribution is -2.40. The Hall–Kier alpha value is -0.510. The van der Waals surface area contributed by atoms with Crippen molar-refractivity contribution in [1.29, 1.82) is 0 Å². The molecular weight excluding hydrogens is 150 g/mol. The van der Waals surface area contributed by atoms with Crippen LogP contribution in [0.4, 0.5) is 0 Å². The largest absolute Gasteiger partial charge is 0.334 e. The molecule has 0 saturated carbocycles. The van der Waals surface area contributed by atoms with Gasteiger partial charge in [-0.15, -0.1) is 0 Å². The molecule has 4 heteroatoms. The first-order valence-electron chi connectivity index (χ1n) is 3.17. The van der Waals surface area contributed by atoms with Gasteiger partial charge in [0.15, 0.2) is 0 Å². The molecule has 56 valence electrons. The zero-order valence-corrected chi connectivity index (χ0v) is 6.61. The molecule has 0 unspecified atom stereocenters. The minimum absolute atomic E-state index is 0.0760. The highest BCUT2D eigenvalue weighted by atomic mass is 32.2. The molecule has 0 bridgehead atoms. The molecule has 1 fully saturated rings. The van der Waals surface area contributed by atoms with Gasteiger partial charge in [-0.3, -0.25) is 9.59 Å². The van der Waals surface area contributed by atoms with Crippen LogP contribution in [0, 0.1) is 0 Å². The van der Waals surface area contributed by atoms with Gasteiger partial charge in [-0.1, -0.05) is 11.8 Å². The Morgan fingerprint density at radius 2 is 2.30 bits per heavy atom. The number of thioether (sulfide) groups is 1. The molecule has 0 atom stereocenters. The fourth-order valence-electron chi connectivity index (χ4n) is 0.811. The maximum Gasteiger partial charge on any atom is 0.233 e. The van der Waals surface area contributed by atoms with E-state index < -0.39 is 0 Å². The van der Waals surface area contributed by atoms with E-state index in [1.807, 2.05) is 6.92 Å². The number of hydrogen-bond acceptors (Lipinski definition) is 3. The summed E-state index contributed by atoms with van der Waals surface area (Å²) in [5.41, 5.74) is 0. The van der Waals surface area contributed by atoms with E-state index in [4.69, 9.17) is 0 Å². The van der Waals surface area contributed by atoms with Gasteiger partial charge in [-0.05, 0) is 6.92 Å². The number of carbonyl (C=O) groups is 2. The van der Waals surface area contributed by atoms with Crippen LogP contribution in [0.5, 0.6) is 0 Å². The second-order valence-electron chi connectivity index (χ2n) is 2.07. The molecule has 1 aliphatic rings. The number of nitrogens with zero attached hydrogens (tertiary/aromatic N) is 1. The average Bonchev–Trinajstić information content (AvgIpc) is 1.94. The van der Waals surface area contributed by atoms with Crippen molar-refractivity contribution in [3.05, 3.63) is 0 Å². The van der Waals surface area contributed by atoms with Crippen LogP contribution in [0.1, 0.15) is 6.92 Å². The molecule has 0 N–H and O–H groups in total. The molecule has 0 aliphatic carbocycles. The first-order valence-corrected chi connectivity index (χ1v) is 4.16. The van der Waals surface area contributed by atoms with Crippen LogP contribution in [0.15, 0.2) is 0 Å². The number of rotatable bonds is 1. The highest BCUT2D eigenvalue weighted by Crippen LogP contribution is 2.11. The van der Waals surface area contributed by atoms with Gasteiger partial charge in [-0.2, -0.15) is 0 Å². The molecule has 1 rings (SSSR count). The van der Waals surface area contributed by atoms with Crippen molar-refractivity contribution >= 4 is 22.8 Å². The molecule has 3 nitrogen and oxygen atoms in total. The summed E-state index contributed by atoms with van der Waals surface area (Å²) in [6, 6.07) is 0. The minimum atomic E-state index is 0.0760. The molecule has 0 spiro atoms. The van der Waals surface area contributed by atoms with Crippen molar-refractivity contribution < 1.29 is 9.59 Å². The van der Waals surface area contributed by atoms with Gasteiger partial charge in [-0.25, -0.2) is 0 Å². The number of amides is 1. The van der Waals surface area contributed by atoms with Gasteiger partial charge in [0.25, 0.3) is 0 Å². The molecule has 1 saturated heterocycles. The Kier molecular flexibility index (Phi) is 2.32. The molecule has 0 aromatic carbocycles. The smallest absolute Gasteiger partial charge is 0.233 e. The zero-order chi connectivity index (χ0) is 7.56. The molecular formula is C6H9NO2S. The zero-order valence-electron chi connectivity index (χ0n) is 5.79. The standard InChI is InChI=1S/C6H9NO2S/c1-2-7-3-6(9)10-4-5(7)8/h2-4H2,1H3.